The second-order valence-electron chi connectivity index (χ2n) is 6.91. The van der Waals surface area contributed by atoms with Crippen LogP contribution in [0.3, 0.4) is 0 Å². The molecule has 1 aromatic heterocycles. The number of likely N-dealkylation sites (tertiary alicyclic amines) is 1. The van der Waals surface area contributed by atoms with Crippen LogP contribution in [0.15, 0.2) is 28.9 Å². The summed E-state index contributed by atoms with van der Waals surface area (Å²) < 4.78 is 18.6. The molecule has 0 aliphatic carbocycles. The summed E-state index contributed by atoms with van der Waals surface area (Å²) in [7, 11) is 0. The summed E-state index contributed by atoms with van der Waals surface area (Å²) in [5, 5.41) is 3.68. The Kier molecular flexibility index (Phi) is 3.55. The predicted octanol–water partition coefficient (Wildman–Crippen LogP) is 2.24. The van der Waals surface area contributed by atoms with Crippen molar-refractivity contribution in [2.45, 2.75) is 25.7 Å². The van der Waals surface area contributed by atoms with E-state index in [4.69, 9.17) is 4.42 Å². The fourth-order valence-corrected chi connectivity index (χ4v) is 3.80. The minimum Gasteiger partial charge on any atom is -0.464 e. The molecule has 2 aromatic rings. The van der Waals surface area contributed by atoms with E-state index in [1.54, 1.807) is 6.07 Å². The first-order valence-electron chi connectivity index (χ1n) is 8.25. The van der Waals surface area contributed by atoms with Gasteiger partial charge in [-0.3, -0.25) is 9.59 Å². The lowest BCUT2D eigenvalue weighted by Crippen LogP contribution is -2.44. The number of hydrogen-bond donors (Lipinski definition) is 1. The summed E-state index contributed by atoms with van der Waals surface area (Å²) in [6.07, 6.45) is 4.08. The van der Waals surface area contributed by atoms with Crippen LogP contribution in [0.25, 0.3) is 11.0 Å². The van der Waals surface area contributed by atoms with Gasteiger partial charge < -0.3 is 14.6 Å². The molecule has 0 unspecified atom stereocenters. The second kappa shape index (κ2) is 5.61. The van der Waals surface area contributed by atoms with Crippen LogP contribution in [-0.4, -0.2) is 36.3 Å². The van der Waals surface area contributed by atoms with Gasteiger partial charge in [0.2, 0.25) is 11.8 Å². The zero-order valence-electron chi connectivity index (χ0n) is 13.3. The summed E-state index contributed by atoms with van der Waals surface area (Å²) in [6, 6.07) is 4.36. The van der Waals surface area contributed by atoms with Crippen molar-refractivity contribution in [2.75, 3.05) is 19.6 Å². The smallest absolute Gasteiger partial charge is 0.227 e. The van der Waals surface area contributed by atoms with Gasteiger partial charge in [-0.25, -0.2) is 4.39 Å². The second-order valence-corrected chi connectivity index (χ2v) is 6.91. The average molecular weight is 330 g/mol. The average Bonchev–Trinajstić information content (AvgIpc) is 3.12. The maximum Gasteiger partial charge on any atom is 0.227 e. The monoisotopic (exact) mass is 330 g/mol. The van der Waals surface area contributed by atoms with Gasteiger partial charge in [-0.1, -0.05) is 0 Å². The van der Waals surface area contributed by atoms with Gasteiger partial charge >= 0.3 is 0 Å². The Morgan fingerprint density at radius 2 is 2.12 bits per heavy atom. The molecule has 126 valence electrons. The number of furan rings is 1. The Morgan fingerprint density at radius 3 is 2.83 bits per heavy atom. The molecule has 5 nitrogen and oxygen atoms in total. The van der Waals surface area contributed by atoms with Crippen molar-refractivity contribution in [1.29, 1.82) is 0 Å². The lowest BCUT2D eigenvalue weighted by atomic mass is 9.77. The highest BCUT2D eigenvalue weighted by Crippen LogP contribution is 2.37. The van der Waals surface area contributed by atoms with Gasteiger partial charge in [0.15, 0.2) is 0 Å². The number of carbonyl (C=O) groups is 2. The van der Waals surface area contributed by atoms with Gasteiger partial charge in [-0.2, -0.15) is 0 Å². The Labute approximate surface area is 138 Å². The van der Waals surface area contributed by atoms with Crippen molar-refractivity contribution >= 4 is 22.8 Å². The number of benzene rings is 1. The van der Waals surface area contributed by atoms with Crippen molar-refractivity contribution in [3.05, 3.63) is 35.8 Å². The zero-order chi connectivity index (χ0) is 16.7. The largest absolute Gasteiger partial charge is 0.464 e. The molecule has 1 aromatic carbocycles. The zero-order valence-corrected chi connectivity index (χ0v) is 13.3. The molecule has 6 heteroatoms. The summed E-state index contributed by atoms with van der Waals surface area (Å²) in [5.41, 5.74) is 1.28. The van der Waals surface area contributed by atoms with Gasteiger partial charge in [0.25, 0.3) is 0 Å². The van der Waals surface area contributed by atoms with Crippen LogP contribution in [0, 0.1) is 11.2 Å². The van der Waals surface area contributed by atoms with Gasteiger partial charge in [0.1, 0.15) is 11.4 Å². The van der Waals surface area contributed by atoms with Crippen molar-refractivity contribution < 1.29 is 18.4 Å². The highest BCUT2D eigenvalue weighted by atomic mass is 19.1. The standard InChI is InChI=1S/C18H19FN2O3/c19-13-1-2-14-12(10-24-15(14)8-13)7-17(23)21-5-3-18(4-6-21)9-16(22)20-11-18/h1-2,8,10H,3-7,9,11H2,(H,20,22). The van der Waals surface area contributed by atoms with Crippen LogP contribution in [0.2, 0.25) is 0 Å². The van der Waals surface area contributed by atoms with E-state index in [9.17, 15) is 14.0 Å². The topological polar surface area (TPSA) is 62.6 Å². The number of fused-ring (bicyclic) bond motifs is 1. The molecule has 0 radical (unpaired) electrons. The van der Waals surface area contributed by atoms with E-state index in [1.165, 1.54) is 18.4 Å². The molecular formula is C18H19FN2O3. The highest BCUT2D eigenvalue weighted by Gasteiger charge is 2.41. The Bertz CT molecular complexity index is 806. The highest BCUT2D eigenvalue weighted by molar-refractivity contribution is 5.87. The molecule has 4 rings (SSSR count). The van der Waals surface area contributed by atoms with Gasteiger partial charge in [-0.15, -0.1) is 0 Å². The minimum atomic E-state index is -0.351. The number of halogens is 1. The summed E-state index contributed by atoms with van der Waals surface area (Å²) >= 11 is 0. The Morgan fingerprint density at radius 1 is 1.33 bits per heavy atom. The van der Waals surface area contributed by atoms with E-state index >= 15 is 0 Å². The number of hydrogen-bond acceptors (Lipinski definition) is 3. The first-order valence-corrected chi connectivity index (χ1v) is 8.25. The van der Waals surface area contributed by atoms with Gasteiger partial charge in [0, 0.05) is 43.1 Å². The van der Waals surface area contributed by atoms with E-state index in [0.717, 1.165) is 30.3 Å². The molecule has 1 N–H and O–H groups in total. The van der Waals surface area contributed by atoms with E-state index in [0.29, 0.717) is 25.1 Å². The number of rotatable bonds is 2. The van der Waals surface area contributed by atoms with Crippen LogP contribution in [-0.2, 0) is 16.0 Å². The van der Waals surface area contributed by atoms with Crippen molar-refractivity contribution in [2.24, 2.45) is 5.41 Å². The van der Waals surface area contributed by atoms with E-state index < -0.39 is 0 Å². The van der Waals surface area contributed by atoms with E-state index in [-0.39, 0.29) is 29.5 Å². The molecule has 2 amide bonds. The Balaban J connectivity index is 1.42. The van der Waals surface area contributed by atoms with E-state index in [2.05, 4.69) is 5.32 Å². The van der Waals surface area contributed by atoms with Crippen LogP contribution >= 0.6 is 0 Å². The molecular weight excluding hydrogens is 311 g/mol. The number of nitrogens with one attached hydrogen (secondary N) is 1. The maximum atomic E-state index is 13.2. The maximum absolute atomic E-state index is 13.2. The summed E-state index contributed by atoms with van der Waals surface area (Å²) in [5.74, 6) is -0.184. The lowest BCUT2D eigenvalue weighted by Gasteiger charge is -2.38. The van der Waals surface area contributed by atoms with E-state index in [1.807, 2.05) is 4.90 Å². The lowest BCUT2D eigenvalue weighted by molar-refractivity contribution is -0.132. The van der Waals surface area contributed by atoms with Crippen molar-refractivity contribution in [3.8, 4) is 0 Å². The normalized spacial score (nSPS) is 19.9. The third-order valence-corrected chi connectivity index (χ3v) is 5.33. The third kappa shape index (κ3) is 2.66. The van der Waals surface area contributed by atoms with Crippen LogP contribution < -0.4 is 5.32 Å². The van der Waals surface area contributed by atoms with Gasteiger partial charge in [0.05, 0.1) is 12.7 Å². The molecule has 2 aliphatic rings. The first-order chi connectivity index (χ1) is 11.5. The van der Waals surface area contributed by atoms with Crippen LogP contribution in [0.1, 0.15) is 24.8 Å². The summed E-state index contributed by atoms with van der Waals surface area (Å²) in [6.45, 7) is 2.09. The van der Waals surface area contributed by atoms with Gasteiger partial charge in [-0.05, 0) is 30.4 Å². The SMILES string of the molecule is O=C1CC2(CCN(C(=O)Cc3coc4cc(F)ccc34)CC2)CN1. The predicted molar refractivity (Wildman–Crippen MR) is 85.7 cm³/mol. The number of piperidine rings is 1. The molecule has 1 spiro atoms. The number of nitrogens with zero attached hydrogens (tertiary/aromatic N) is 1. The third-order valence-electron chi connectivity index (χ3n) is 5.33. The fraction of sp³-hybridized carbons (Fsp3) is 0.444. The van der Waals surface area contributed by atoms with Crippen molar-refractivity contribution in [3.63, 3.8) is 0 Å². The number of carbonyl (C=O) groups excluding carboxylic acids is 2. The molecule has 2 fully saturated rings. The quantitative estimate of drug-likeness (QED) is 0.918. The first kappa shape index (κ1) is 15.2. The van der Waals surface area contributed by atoms with Crippen LogP contribution in [0.4, 0.5) is 4.39 Å². The molecule has 2 saturated heterocycles. The van der Waals surface area contributed by atoms with Crippen LogP contribution in [0.5, 0.6) is 0 Å². The number of amides is 2. The molecule has 0 atom stereocenters. The summed E-state index contributed by atoms with van der Waals surface area (Å²) in [4.78, 5) is 25.9. The molecule has 2 aliphatic heterocycles. The molecule has 0 saturated carbocycles. The fourth-order valence-electron chi connectivity index (χ4n) is 3.80. The Hall–Kier alpha value is -2.37. The molecule has 3 heterocycles. The molecule has 24 heavy (non-hydrogen) atoms. The van der Waals surface area contributed by atoms with Crippen molar-refractivity contribution in [1.82, 2.24) is 10.2 Å². The minimum absolute atomic E-state index is 0.0354. The molecule has 0 bridgehead atoms.